The number of nitrogens with zero attached hydrogens (tertiary/aromatic N) is 1. The lowest BCUT2D eigenvalue weighted by Gasteiger charge is -2.20. The van der Waals surface area contributed by atoms with Gasteiger partial charge in [0.2, 0.25) is 0 Å². The van der Waals surface area contributed by atoms with E-state index in [0.29, 0.717) is 6.61 Å². The molecule has 0 amide bonds. The number of benzene rings is 2. The first-order chi connectivity index (χ1) is 10.7. The van der Waals surface area contributed by atoms with Gasteiger partial charge in [0.1, 0.15) is 5.75 Å². The molecule has 0 saturated heterocycles. The number of hydrogen-bond acceptors (Lipinski definition) is 3. The van der Waals surface area contributed by atoms with Crippen molar-refractivity contribution in [3.8, 4) is 5.75 Å². The molecule has 2 aromatic carbocycles. The van der Waals surface area contributed by atoms with E-state index in [2.05, 4.69) is 48.2 Å². The van der Waals surface area contributed by atoms with Crippen molar-refractivity contribution in [2.24, 2.45) is 0 Å². The highest BCUT2D eigenvalue weighted by atomic mass is 16.5. The quantitative estimate of drug-likeness (QED) is 0.755. The van der Waals surface area contributed by atoms with E-state index in [1.165, 1.54) is 11.1 Å². The highest BCUT2D eigenvalue weighted by Crippen LogP contribution is 2.22. The van der Waals surface area contributed by atoms with Gasteiger partial charge in [-0.05, 0) is 43.1 Å². The third-order valence-corrected chi connectivity index (χ3v) is 3.79. The van der Waals surface area contributed by atoms with Crippen molar-refractivity contribution in [3.63, 3.8) is 0 Å². The van der Waals surface area contributed by atoms with E-state index >= 15 is 0 Å². The van der Waals surface area contributed by atoms with Crippen LogP contribution in [0.25, 0.3) is 0 Å². The fourth-order valence-electron chi connectivity index (χ4n) is 2.52. The molecule has 118 valence electrons. The minimum Gasteiger partial charge on any atom is -0.492 e. The lowest BCUT2D eigenvalue weighted by atomic mass is 10.1. The van der Waals surface area contributed by atoms with E-state index in [-0.39, 0.29) is 0 Å². The molecule has 3 heteroatoms. The van der Waals surface area contributed by atoms with Gasteiger partial charge >= 0.3 is 0 Å². The maximum Gasteiger partial charge on any atom is 0.142 e. The van der Waals surface area contributed by atoms with Crippen LogP contribution in [0.5, 0.6) is 5.75 Å². The molecule has 0 radical (unpaired) electrons. The molecule has 0 fully saturated rings. The zero-order valence-electron chi connectivity index (χ0n) is 13.6. The normalized spacial score (nSPS) is 10.9. The topological polar surface area (TPSA) is 38.5 Å². The fraction of sp³-hybridized carbons (Fsp3) is 0.368. The Balaban J connectivity index is 1.91. The number of anilines is 1. The molecular weight excluding hydrogens is 272 g/mol. The van der Waals surface area contributed by atoms with Crippen molar-refractivity contribution in [2.75, 3.05) is 25.4 Å². The Kier molecular flexibility index (Phi) is 6.28. The van der Waals surface area contributed by atoms with Crippen LogP contribution in [-0.4, -0.2) is 24.6 Å². The first-order valence-corrected chi connectivity index (χ1v) is 8.00. The van der Waals surface area contributed by atoms with Crippen LogP contribution in [0.15, 0.2) is 48.5 Å². The Hall–Kier alpha value is -2.00. The maximum atomic E-state index is 6.03. The molecule has 2 rings (SSSR count). The SMILES string of the molecule is CCOc1ccc(CCN(CC)Cc2ccccc2)cc1N. The van der Waals surface area contributed by atoms with E-state index in [4.69, 9.17) is 10.5 Å². The Morgan fingerprint density at radius 2 is 1.77 bits per heavy atom. The van der Waals surface area contributed by atoms with E-state index in [1.54, 1.807) is 0 Å². The molecule has 0 heterocycles. The number of nitrogens with two attached hydrogens (primary N) is 1. The van der Waals surface area contributed by atoms with Crippen LogP contribution in [0.2, 0.25) is 0 Å². The number of likely N-dealkylation sites (N-methyl/N-ethyl adjacent to an activating group) is 1. The summed E-state index contributed by atoms with van der Waals surface area (Å²) < 4.78 is 5.48. The summed E-state index contributed by atoms with van der Waals surface area (Å²) in [5.41, 5.74) is 9.37. The Morgan fingerprint density at radius 3 is 2.41 bits per heavy atom. The van der Waals surface area contributed by atoms with Gasteiger partial charge in [0, 0.05) is 13.1 Å². The standard InChI is InChI=1S/C19H26N2O/c1-3-21(15-17-8-6-5-7-9-17)13-12-16-10-11-19(22-4-2)18(20)14-16/h5-11,14H,3-4,12-13,15,20H2,1-2H3. The molecule has 0 bridgehead atoms. The Morgan fingerprint density at radius 1 is 1.00 bits per heavy atom. The molecular formula is C19H26N2O. The molecule has 0 aliphatic carbocycles. The van der Waals surface area contributed by atoms with Crippen LogP contribution in [0.1, 0.15) is 25.0 Å². The third-order valence-electron chi connectivity index (χ3n) is 3.79. The molecule has 2 N–H and O–H groups in total. The van der Waals surface area contributed by atoms with Crippen LogP contribution in [-0.2, 0) is 13.0 Å². The number of rotatable bonds is 8. The van der Waals surface area contributed by atoms with Crippen molar-refractivity contribution in [2.45, 2.75) is 26.8 Å². The summed E-state index contributed by atoms with van der Waals surface area (Å²) >= 11 is 0. The van der Waals surface area contributed by atoms with Gasteiger partial charge in [0.25, 0.3) is 0 Å². The molecule has 0 atom stereocenters. The molecule has 3 nitrogen and oxygen atoms in total. The van der Waals surface area contributed by atoms with Crippen LogP contribution < -0.4 is 10.5 Å². The number of hydrogen-bond donors (Lipinski definition) is 1. The van der Waals surface area contributed by atoms with Gasteiger partial charge in [0.05, 0.1) is 12.3 Å². The molecule has 0 saturated carbocycles. The lowest BCUT2D eigenvalue weighted by Crippen LogP contribution is -2.25. The first kappa shape index (κ1) is 16.4. The van der Waals surface area contributed by atoms with Gasteiger partial charge < -0.3 is 10.5 Å². The van der Waals surface area contributed by atoms with Gasteiger partial charge in [-0.15, -0.1) is 0 Å². The van der Waals surface area contributed by atoms with Gasteiger partial charge in [0.15, 0.2) is 0 Å². The molecule has 0 aliphatic rings. The summed E-state index contributed by atoms with van der Waals surface area (Å²) in [6.45, 7) is 7.87. The van der Waals surface area contributed by atoms with E-state index in [1.807, 2.05) is 19.1 Å². The molecule has 0 spiro atoms. The minimum atomic E-state index is 0.643. The summed E-state index contributed by atoms with van der Waals surface area (Å²) in [7, 11) is 0. The number of nitrogen functional groups attached to an aromatic ring is 1. The predicted molar refractivity (Wildman–Crippen MR) is 93.1 cm³/mol. The van der Waals surface area contributed by atoms with Crippen molar-refractivity contribution >= 4 is 5.69 Å². The van der Waals surface area contributed by atoms with Crippen molar-refractivity contribution in [1.29, 1.82) is 0 Å². The van der Waals surface area contributed by atoms with Crippen molar-refractivity contribution in [1.82, 2.24) is 4.90 Å². The highest BCUT2D eigenvalue weighted by Gasteiger charge is 2.06. The molecule has 22 heavy (non-hydrogen) atoms. The van der Waals surface area contributed by atoms with Gasteiger partial charge in [-0.1, -0.05) is 43.3 Å². The van der Waals surface area contributed by atoms with E-state index in [9.17, 15) is 0 Å². The smallest absolute Gasteiger partial charge is 0.142 e. The van der Waals surface area contributed by atoms with Crippen molar-refractivity contribution < 1.29 is 4.74 Å². The number of ether oxygens (including phenoxy) is 1. The second-order valence-corrected chi connectivity index (χ2v) is 5.41. The fourth-order valence-corrected chi connectivity index (χ4v) is 2.52. The zero-order chi connectivity index (χ0) is 15.8. The molecule has 0 unspecified atom stereocenters. The Labute approximate surface area is 133 Å². The monoisotopic (exact) mass is 298 g/mol. The third kappa shape index (κ3) is 4.78. The van der Waals surface area contributed by atoms with E-state index in [0.717, 1.165) is 37.5 Å². The molecule has 0 aliphatic heterocycles. The van der Waals surface area contributed by atoms with Crippen LogP contribution in [0.3, 0.4) is 0 Å². The van der Waals surface area contributed by atoms with Gasteiger partial charge in [-0.25, -0.2) is 0 Å². The summed E-state index contributed by atoms with van der Waals surface area (Å²) in [5, 5.41) is 0. The van der Waals surface area contributed by atoms with Crippen LogP contribution in [0, 0.1) is 0 Å². The highest BCUT2D eigenvalue weighted by molar-refractivity contribution is 5.54. The van der Waals surface area contributed by atoms with Crippen LogP contribution >= 0.6 is 0 Å². The van der Waals surface area contributed by atoms with Crippen molar-refractivity contribution in [3.05, 3.63) is 59.7 Å². The second kappa shape index (κ2) is 8.44. The molecule has 2 aromatic rings. The first-order valence-electron chi connectivity index (χ1n) is 8.00. The largest absolute Gasteiger partial charge is 0.492 e. The zero-order valence-corrected chi connectivity index (χ0v) is 13.6. The predicted octanol–water partition coefficient (Wildman–Crippen LogP) is 3.73. The van der Waals surface area contributed by atoms with Gasteiger partial charge in [-0.2, -0.15) is 0 Å². The summed E-state index contributed by atoms with van der Waals surface area (Å²) in [6.07, 6.45) is 0.997. The van der Waals surface area contributed by atoms with E-state index < -0.39 is 0 Å². The second-order valence-electron chi connectivity index (χ2n) is 5.41. The van der Waals surface area contributed by atoms with Gasteiger partial charge in [-0.3, -0.25) is 4.90 Å². The average Bonchev–Trinajstić information content (AvgIpc) is 2.55. The van der Waals surface area contributed by atoms with Crippen LogP contribution in [0.4, 0.5) is 5.69 Å². The summed E-state index contributed by atoms with van der Waals surface area (Å²) in [4.78, 5) is 2.45. The average molecular weight is 298 g/mol. The molecule has 0 aromatic heterocycles. The lowest BCUT2D eigenvalue weighted by molar-refractivity contribution is 0.283. The minimum absolute atomic E-state index is 0.643. The maximum absolute atomic E-state index is 6.03. The Bertz CT molecular complexity index is 569. The summed E-state index contributed by atoms with van der Waals surface area (Å²) in [5.74, 6) is 0.780. The summed E-state index contributed by atoms with van der Waals surface area (Å²) in [6, 6.07) is 16.7.